The predicted molar refractivity (Wildman–Crippen MR) is 91.9 cm³/mol. The second kappa shape index (κ2) is 11.1. The zero-order valence-electron chi connectivity index (χ0n) is 14.0. The summed E-state index contributed by atoms with van der Waals surface area (Å²) in [5.41, 5.74) is 1.11. The number of hydrogen-bond acceptors (Lipinski definition) is 2. The number of unbranched alkanes of at least 4 members (excludes halogenated alkanes) is 8. The van der Waals surface area contributed by atoms with Crippen LogP contribution in [0.3, 0.4) is 0 Å². The van der Waals surface area contributed by atoms with E-state index in [0.29, 0.717) is 6.04 Å². The maximum Gasteiger partial charge on any atom is 0.0833 e. The molecule has 0 saturated carbocycles. The maximum absolute atomic E-state index is 6.22. The number of rotatable bonds is 12. The minimum absolute atomic E-state index is 0.314. The third-order valence-electron chi connectivity index (χ3n) is 4.21. The molecule has 0 aromatic carbocycles. The summed E-state index contributed by atoms with van der Waals surface area (Å²) in [6.07, 6.45) is 15.2. The van der Waals surface area contributed by atoms with Gasteiger partial charge in [0.15, 0.2) is 0 Å². The van der Waals surface area contributed by atoms with Crippen molar-refractivity contribution < 1.29 is 0 Å². The smallest absolute Gasteiger partial charge is 0.0833 e. The van der Waals surface area contributed by atoms with Gasteiger partial charge in [-0.2, -0.15) is 5.10 Å². The van der Waals surface area contributed by atoms with Crippen molar-refractivity contribution in [3.05, 3.63) is 16.9 Å². The lowest BCUT2D eigenvalue weighted by Crippen LogP contribution is -2.19. The number of nitrogens with one attached hydrogen (secondary N) is 1. The molecule has 1 N–H and O–H groups in total. The Labute approximate surface area is 135 Å². The molecular formula is C17H32ClN3. The van der Waals surface area contributed by atoms with Gasteiger partial charge in [0.05, 0.1) is 23.0 Å². The first-order valence-corrected chi connectivity index (χ1v) is 8.93. The van der Waals surface area contributed by atoms with Crippen LogP contribution in [0.25, 0.3) is 0 Å². The van der Waals surface area contributed by atoms with Gasteiger partial charge >= 0.3 is 0 Å². The van der Waals surface area contributed by atoms with Gasteiger partial charge in [-0.05, 0) is 13.5 Å². The molecule has 0 amide bonds. The van der Waals surface area contributed by atoms with Crippen molar-refractivity contribution in [2.75, 3.05) is 7.05 Å². The lowest BCUT2D eigenvalue weighted by Gasteiger charge is -2.17. The van der Waals surface area contributed by atoms with Crippen LogP contribution in [0, 0.1) is 0 Å². The number of halogens is 1. The molecule has 1 atom stereocenters. The Balaban J connectivity index is 2.13. The van der Waals surface area contributed by atoms with E-state index in [4.69, 9.17) is 11.6 Å². The topological polar surface area (TPSA) is 29.9 Å². The van der Waals surface area contributed by atoms with Crippen LogP contribution in [-0.4, -0.2) is 16.8 Å². The third kappa shape index (κ3) is 6.84. The zero-order valence-corrected chi connectivity index (χ0v) is 14.8. The van der Waals surface area contributed by atoms with Crippen LogP contribution < -0.4 is 5.32 Å². The standard InChI is InChI=1S/C17H32ClN3/c1-4-5-6-7-8-9-10-11-12-13-16(19-2)17-15(18)14-20-21(17)3/h14,16,19H,4-13H2,1-3H3. The molecule has 0 saturated heterocycles. The second-order valence-electron chi connectivity index (χ2n) is 5.96. The van der Waals surface area contributed by atoms with E-state index in [-0.39, 0.29) is 0 Å². The van der Waals surface area contributed by atoms with Gasteiger partial charge in [-0.15, -0.1) is 0 Å². The molecule has 0 fully saturated rings. The number of nitrogens with zero attached hydrogens (tertiary/aromatic N) is 2. The van der Waals surface area contributed by atoms with Gasteiger partial charge in [-0.1, -0.05) is 76.3 Å². The Hall–Kier alpha value is -0.540. The molecule has 4 heteroatoms. The lowest BCUT2D eigenvalue weighted by atomic mass is 10.0. The average molecular weight is 314 g/mol. The second-order valence-corrected chi connectivity index (χ2v) is 6.37. The number of aromatic nitrogens is 2. The summed E-state index contributed by atoms with van der Waals surface area (Å²) in [6, 6.07) is 0.314. The van der Waals surface area contributed by atoms with Crippen LogP contribution in [0.5, 0.6) is 0 Å². The first-order valence-electron chi connectivity index (χ1n) is 8.55. The van der Waals surface area contributed by atoms with E-state index in [9.17, 15) is 0 Å². The van der Waals surface area contributed by atoms with Gasteiger partial charge in [-0.25, -0.2) is 0 Å². The molecule has 0 aliphatic carbocycles. The summed E-state index contributed by atoms with van der Waals surface area (Å²) >= 11 is 6.22. The molecule has 0 aliphatic heterocycles. The highest BCUT2D eigenvalue weighted by Gasteiger charge is 2.16. The highest BCUT2D eigenvalue weighted by atomic mass is 35.5. The summed E-state index contributed by atoms with van der Waals surface area (Å²) in [5, 5.41) is 8.36. The van der Waals surface area contributed by atoms with E-state index in [1.54, 1.807) is 6.20 Å². The summed E-state index contributed by atoms with van der Waals surface area (Å²) in [6.45, 7) is 2.27. The van der Waals surface area contributed by atoms with E-state index in [1.807, 2.05) is 18.8 Å². The van der Waals surface area contributed by atoms with Crippen molar-refractivity contribution in [3.63, 3.8) is 0 Å². The minimum atomic E-state index is 0.314. The Bertz CT molecular complexity index is 357. The fraction of sp³-hybridized carbons (Fsp3) is 0.824. The first-order chi connectivity index (χ1) is 10.2. The SMILES string of the molecule is CCCCCCCCCCCC(NC)c1c(Cl)cnn1C. The summed E-state index contributed by atoms with van der Waals surface area (Å²) in [7, 11) is 3.96. The van der Waals surface area contributed by atoms with E-state index in [1.165, 1.54) is 57.8 Å². The lowest BCUT2D eigenvalue weighted by molar-refractivity contribution is 0.469. The van der Waals surface area contributed by atoms with E-state index in [0.717, 1.165) is 17.1 Å². The van der Waals surface area contributed by atoms with Crippen molar-refractivity contribution >= 4 is 11.6 Å². The average Bonchev–Trinajstić information content (AvgIpc) is 2.81. The summed E-state index contributed by atoms with van der Waals surface area (Å²) < 4.78 is 1.89. The number of hydrogen-bond donors (Lipinski definition) is 1. The van der Waals surface area contributed by atoms with Crippen LogP contribution in [0.1, 0.15) is 82.9 Å². The van der Waals surface area contributed by atoms with Crippen molar-refractivity contribution in [1.82, 2.24) is 15.1 Å². The Kier molecular flexibility index (Phi) is 9.77. The van der Waals surface area contributed by atoms with Gasteiger partial charge in [0.1, 0.15) is 0 Å². The van der Waals surface area contributed by atoms with E-state index in [2.05, 4.69) is 17.3 Å². The molecule has 0 radical (unpaired) electrons. The Morgan fingerprint density at radius 3 is 2.14 bits per heavy atom. The largest absolute Gasteiger partial charge is 0.312 e. The summed E-state index contributed by atoms with van der Waals surface area (Å²) in [5.74, 6) is 0. The molecular weight excluding hydrogens is 282 g/mol. The Morgan fingerprint density at radius 2 is 1.67 bits per heavy atom. The van der Waals surface area contributed by atoms with Gasteiger partial charge in [-0.3, -0.25) is 4.68 Å². The van der Waals surface area contributed by atoms with Gasteiger partial charge in [0.25, 0.3) is 0 Å². The maximum atomic E-state index is 6.22. The molecule has 21 heavy (non-hydrogen) atoms. The van der Waals surface area contributed by atoms with Crippen LogP contribution in [0.2, 0.25) is 5.02 Å². The molecule has 1 aromatic heterocycles. The summed E-state index contributed by atoms with van der Waals surface area (Å²) in [4.78, 5) is 0. The van der Waals surface area contributed by atoms with Gasteiger partial charge < -0.3 is 5.32 Å². The van der Waals surface area contributed by atoms with Crippen LogP contribution in [0.4, 0.5) is 0 Å². The minimum Gasteiger partial charge on any atom is -0.312 e. The molecule has 1 rings (SSSR count). The zero-order chi connectivity index (χ0) is 15.5. The van der Waals surface area contributed by atoms with Gasteiger partial charge in [0, 0.05) is 7.05 Å². The van der Waals surface area contributed by atoms with Crippen molar-refractivity contribution in [2.24, 2.45) is 7.05 Å². The quantitative estimate of drug-likeness (QED) is 0.534. The van der Waals surface area contributed by atoms with Crippen molar-refractivity contribution in [1.29, 1.82) is 0 Å². The predicted octanol–water partition coefficient (Wildman–Crippen LogP) is 5.25. The molecule has 1 heterocycles. The third-order valence-corrected chi connectivity index (χ3v) is 4.50. The van der Waals surface area contributed by atoms with E-state index >= 15 is 0 Å². The van der Waals surface area contributed by atoms with Gasteiger partial charge in [0.2, 0.25) is 0 Å². The molecule has 3 nitrogen and oxygen atoms in total. The van der Waals surface area contributed by atoms with Crippen LogP contribution >= 0.6 is 11.6 Å². The molecule has 0 bridgehead atoms. The van der Waals surface area contributed by atoms with Crippen LogP contribution in [0.15, 0.2) is 6.20 Å². The molecule has 0 spiro atoms. The molecule has 0 aliphatic rings. The molecule has 122 valence electrons. The van der Waals surface area contributed by atoms with Crippen molar-refractivity contribution in [3.8, 4) is 0 Å². The monoisotopic (exact) mass is 313 g/mol. The Morgan fingerprint density at radius 1 is 1.10 bits per heavy atom. The molecule has 1 aromatic rings. The first kappa shape index (κ1) is 18.5. The fourth-order valence-electron chi connectivity index (χ4n) is 2.89. The van der Waals surface area contributed by atoms with Crippen LogP contribution in [-0.2, 0) is 7.05 Å². The number of aryl methyl sites for hydroxylation is 1. The fourth-order valence-corrected chi connectivity index (χ4v) is 3.19. The van der Waals surface area contributed by atoms with Crippen molar-refractivity contribution in [2.45, 2.75) is 77.2 Å². The highest BCUT2D eigenvalue weighted by Crippen LogP contribution is 2.26. The van der Waals surface area contributed by atoms with E-state index < -0.39 is 0 Å². The normalized spacial score (nSPS) is 12.8. The highest BCUT2D eigenvalue weighted by molar-refractivity contribution is 6.31. The molecule has 1 unspecified atom stereocenters.